The molecule has 5 nitrogen and oxygen atoms in total. The van der Waals surface area contributed by atoms with E-state index < -0.39 is 24.0 Å². The third-order valence-corrected chi connectivity index (χ3v) is 5.10. The molecule has 2 heterocycles. The number of rotatable bonds is 4. The molecule has 0 aliphatic carbocycles. The van der Waals surface area contributed by atoms with Crippen LogP contribution < -0.4 is 0 Å². The minimum atomic E-state index is -1.03. The summed E-state index contributed by atoms with van der Waals surface area (Å²) in [5.41, 5.74) is 0.839. The second kappa shape index (κ2) is 6.63. The van der Waals surface area contributed by atoms with E-state index in [0.29, 0.717) is 11.6 Å². The van der Waals surface area contributed by atoms with Crippen molar-refractivity contribution in [1.82, 2.24) is 15.0 Å². The van der Waals surface area contributed by atoms with Crippen LogP contribution in [0, 0.1) is 0 Å². The lowest BCUT2D eigenvalue weighted by Gasteiger charge is -2.32. The quantitative estimate of drug-likeness (QED) is 0.764. The Morgan fingerprint density at radius 2 is 1.69 bits per heavy atom. The minimum Gasteiger partial charge on any atom is -0.398 e. The summed E-state index contributed by atoms with van der Waals surface area (Å²) >= 11 is 0. The van der Waals surface area contributed by atoms with E-state index in [1.165, 1.54) is 11.6 Å². The molecular formula is C19H25BFN3O2. The lowest BCUT2D eigenvalue weighted by molar-refractivity contribution is 0.00578. The fourth-order valence-electron chi connectivity index (χ4n) is 2.65. The van der Waals surface area contributed by atoms with Crippen LogP contribution in [-0.2, 0) is 9.31 Å². The number of hydrogen-bond acceptors (Lipinski definition) is 4. The van der Waals surface area contributed by atoms with Crippen LogP contribution in [0.15, 0.2) is 36.2 Å². The van der Waals surface area contributed by atoms with Crippen LogP contribution in [0.3, 0.4) is 0 Å². The van der Waals surface area contributed by atoms with Gasteiger partial charge >= 0.3 is 7.12 Å². The van der Waals surface area contributed by atoms with E-state index in [-0.39, 0.29) is 0 Å². The van der Waals surface area contributed by atoms with Crippen molar-refractivity contribution in [3.63, 3.8) is 0 Å². The molecule has 3 rings (SSSR count). The second-order valence-electron chi connectivity index (χ2n) is 7.95. The Hall–Kier alpha value is -1.99. The highest BCUT2D eigenvalue weighted by molar-refractivity contribution is 6.54. The first kappa shape index (κ1) is 18.8. The van der Waals surface area contributed by atoms with Crippen molar-refractivity contribution in [1.29, 1.82) is 0 Å². The van der Waals surface area contributed by atoms with Gasteiger partial charge in [0.05, 0.1) is 23.1 Å². The van der Waals surface area contributed by atoms with Gasteiger partial charge in [0.25, 0.3) is 0 Å². The molecule has 1 aromatic carbocycles. The Balaban J connectivity index is 1.77. The van der Waals surface area contributed by atoms with E-state index in [0.717, 1.165) is 5.69 Å². The molecule has 0 saturated carbocycles. The lowest BCUT2D eigenvalue weighted by Crippen LogP contribution is -2.41. The molecule has 0 bridgehead atoms. The maximum Gasteiger partial charge on any atom is 0.525 e. The fraction of sp³-hybridized carbons (Fsp3) is 0.474. The number of halogens is 1. The number of nitrogens with zero attached hydrogens (tertiary/aromatic N) is 3. The minimum absolute atomic E-state index is 0.408. The van der Waals surface area contributed by atoms with Crippen LogP contribution in [0.5, 0.6) is 0 Å². The first-order chi connectivity index (χ1) is 12.1. The molecule has 0 atom stereocenters. The third kappa shape index (κ3) is 3.59. The van der Waals surface area contributed by atoms with Gasteiger partial charge in [-0.15, -0.1) is 5.10 Å². The Kier molecular flexibility index (Phi) is 4.79. The molecule has 26 heavy (non-hydrogen) atoms. The zero-order valence-corrected chi connectivity index (χ0v) is 16.2. The van der Waals surface area contributed by atoms with Crippen molar-refractivity contribution in [3.05, 3.63) is 47.4 Å². The first-order valence-electron chi connectivity index (χ1n) is 8.84. The standard InChI is InChI=1S/C19H25BFN3O2/c1-13(2)14-7-9-16(10-8-14)24-12-15(22-23-24)11-17(21)20-25-18(3,4)19(5,6)26-20/h7-13H,1-6H3. The van der Waals surface area contributed by atoms with Crippen molar-refractivity contribution in [3.8, 4) is 5.69 Å². The van der Waals surface area contributed by atoms with E-state index in [1.807, 2.05) is 39.8 Å². The van der Waals surface area contributed by atoms with Crippen LogP contribution in [0.25, 0.3) is 11.8 Å². The van der Waals surface area contributed by atoms with Crippen LogP contribution in [0.2, 0.25) is 0 Å². The van der Waals surface area contributed by atoms with Gasteiger partial charge in [0.1, 0.15) is 11.4 Å². The first-order valence-corrected chi connectivity index (χ1v) is 8.84. The van der Waals surface area contributed by atoms with Crippen molar-refractivity contribution in [2.24, 2.45) is 0 Å². The molecule has 1 aliphatic rings. The maximum absolute atomic E-state index is 14.6. The van der Waals surface area contributed by atoms with Gasteiger partial charge in [0, 0.05) is 0 Å². The second-order valence-corrected chi connectivity index (χ2v) is 7.95. The molecular weight excluding hydrogens is 332 g/mol. The van der Waals surface area contributed by atoms with Gasteiger partial charge in [0.2, 0.25) is 0 Å². The molecule has 1 aliphatic heterocycles. The van der Waals surface area contributed by atoms with Crippen LogP contribution in [0.1, 0.15) is 58.7 Å². The van der Waals surface area contributed by atoms with Gasteiger partial charge in [-0.05, 0) is 57.4 Å². The van der Waals surface area contributed by atoms with Gasteiger partial charge in [-0.25, -0.2) is 9.07 Å². The molecule has 0 unspecified atom stereocenters. The van der Waals surface area contributed by atoms with Gasteiger partial charge in [0.15, 0.2) is 0 Å². The van der Waals surface area contributed by atoms with E-state index in [1.54, 1.807) is 10.9 Å². The zero-order valence-electron chi connectivity index (χ0n) is 16.2. The average molecular weight is 357 g/mol. The molecule has 1 saturated heterocycles. The van der Waals surface area contributed by atoms with Gasteiger partial charge in [-0.2, -0.15) is 0 Å². The summed E-state index contributed by atoms with van der Waals surface area (Å²) in [5.74, 6) is 0.465. The van der Waals surface area contributed by atoms with Crippen molar-refractivity contribution in [2.45, 2.75) is 58.7 Å². The number of benzene rings is 1. The molecule has 2 aromatic rings. The van der Waals surface area contributed by atoms with Crippen LogP contribution >= 0.6 is 0 Å². The Labute approximate surface area is 154 Å². The molecule has 1 fully saturated rings. The summed E-state index contributed by atoms with van der Waals surface area (Å²) in [5, 5.41) is 8.09. The summed E-state index contributed by atoms with van der Waals surface area (Å²) in [6.45, 7) is 11.8. The Morgan fingerprint density at radius 1 is 1.12 bits per heavy atom. The van der Waals surface area contributed by atoms with E-state index in [4.69, 9.17) is 9.31 Å². The van der Waals surface area contributed by atoms with Crippen molar-refractivity contribution >= 4 is 13.2 Å². The summed E-state index contributed by atoms with van der Waals surface area (Å²) in [6, 6.07) is 8.06. The average Bonchev–Trinajstić information content (AvgIpc) is 3.10. The van der Waals surface area contributed by atoms with Crippen molar-refractivity contribution in [2.75, 3.05) is 0 Å². The van der Waals surface area contributed by atoms with E-state index in [9.17, 15) is 4.39 Å². The van der Waals surface area contributed by atoms with Crippen LogP contribution in [-0.4, -0.2) is 33.3 Å². The molecule has 0 amide bonds. The Bertz CT molecular complexity index is 796. The van der Waals surface area contributed by atoms with E-state index in [2.05, 4.69) is 36.3 Å². The zero-order chi connectivity index (χ0) is 19.1. The summed E-state index contributed by atoms with van der Waals surface area (Å²) < 4.78 is 27.6. The summed E-state index contributed by atoms with van der Waals surface area (Å²) in [7, 11) is -1.03. The van der Waals surface area contributed by atoms with Crippen molar-refractivity contribution < 1.29 is 13.7 Å². The van der Waals surface area contributed by atoms with Gasteiger partial charge < -0.3 is 9.31 Å². The smallest absolute Gasteiger partial charge is 0.398 e. The number of hydrogen-bond donors (Lipinski definition) is 0. The largest absolute Gasteiger partial charge is 0.525 e. The predicted octanol–water partition coefficient (Wildman–Crippen LogP) is 4.33. The molecule has 138 valence electrons. The summed E-state index contributed by atoms with van der Waals surface area (Å²) in [6.07, 6.45) is 2.98. The highest BCUT2D eigenvalue weighted by atomic mass is 19.1. The topological polar surface area (TPSA) is 49.2 Å². The Morgan fingerprint density at radius 3 is 2.23 bits per heavy atom. The molecule has 0 spiro atoms. The molecule has 1 aromatic heterocycles. The normalized spacial score (nSPS) is 19.4. The summed E-state index contributed by atoms with van der Waals surface area (Å²) in [4.78, 5) is 0. The third-order valence-electron chi connectivity index (χ3n) is 5.10. The van der Waals surface area contributed by atoms with Gasteiger partial charge in [-0.1, -0.05) is 31.2 Å². The molecule has 0 radical (unpaired) electrons. The number of aromatic nitrogens is 3. The maximum atomic E-state index is 14.6. The highest BCUT2D eigenvalue weighted by Gasteiger charge is 2.53. The molecule has 0 N–H and O–H groups in total. The lowest BCUT2D eigenvalue weighted by atomic mass is 9.87. The van der Waals surface area contributed by atoms with E-state index >= 15 is 0 Å². The predicted molar refractivity (Wildman–Crippen MR) is 101 cm³/mol. The monoisotopic (exact) mass is 357 g/mol. The highest BCUT2D eigenvalue weighted by Crippen LogP contribution is 2.39. The SMILES string of the molecule is CC(C)c1ccc(-n2cc(C=C(F)B3OC(C)(C)C(C)(C)O3)nn2)cc1. The van der Waals surface area contributed by atoms with Crippen LogP contribution in [0.4, 0.5) is 4.39 Å². The molecule has 7 heteroatoms. The fourth-order valence-corrected chi connectivity index (χ4v) is 2.65. The van der Waals surface area contributed by atoms with Gasteiger partial charge in [-0.3, -0.25) is 0 Å².